The molecule has 1 aliphatic carbocycles. The summed E-state index contributed by atoms with van der Waals surface area (Å²) in [5.41, 5.74) is 0. The first-order valence-electron chi connectivity index (χ1n) is 4.70. The Bertz CT molecular complexity index is 193. The van der Waals surface area contributed by atoms with Gasteiger partial charge in [-0.2, -0.15) is 0 Å². The molecule has 2 aliphatic rings. The summed E-state index contributed by atoms with van der Waals surface area (Å²) in [5.74, 6) is 0.639. The van der Waals surface area contributed by atoms with Gasteiger partial charge >= 0.3 is 0 Å². The molecule has 1 amide bonds. The highest BCUT2D eigenvalue weighted by Gasteiger charge is 2.35. The largest absolute Gasteiger partial charge is 0.273 e. The van der Waals surface area contributed by atoms with E-state index in [9.17, 15) is 4.79 Å². The fourth-order valence-corrected chi connectivity index (χ4v) is 2.16. The van der Waals surface area contributed by atoms with Gasteiger partial charge in [-0.05, 0) is 18.8 Å². The van der Waals surface area contributed by atoms with Crippen molar-refractivity contribution in [1.29, 1.82) is 0 Å². The Morgan fingerprint density at radius 3 is 3.00 bits per heavy atom. The molecule has 3 nitrogen and oxygen atoms in total. The summed E-state index contributed by atoms with van der Waals surface area (Å²) in [6, 6.07) is 0. The molecule has 1 aliphatic heterocycles. The van der Waals surface area contributed by atoms with Crippen molar-refractivity contribution in [2.45, 2.75) is 38.2 Å². The number of amides is 1. The van der Waals surface area contributed by atoms with Crippen molar-refractivity contribution in [2.75, 3.05) is 7.05 Å². The van der Waals surface area contributed by atoms with Crippen molar-refractivity contribution in [3.05, 3.63) is 0 Å². The molecule has 2 rings (SSSR count). The molecule has 0 bridgehead atoms. The van der Waals surface area contributed by atoms with Crippen molar-refractivity contribution >= 4 is 5.91 Å². The van der Waals surface area contributed by atoms with E-state index in [-0.39, 0.29) is 5.91 Å². The third kappa shape index (κ3) is 1.33. The molecule has 2 unspecified atom stereocenters. The summed E-state index contributed by atoms with van der Waals surface area (Å²) in [6.07, 6.45) is 5.83. The summed E-state index contributed by atoms with van der Waals surface area (Å²) in [6.45, 7) is 0. The van der Waals surface area contributed by atoms with E-state index in [1.165, 1.54) is 24.3 Å². The number of rotatable bonds is 0. The Labute approximate surface area is 72.6 Å². The van der Waals surface area contributed by atoms with E-state index in [4.69, 9.17) is 4.84 Å². The molecule has 2 atom stereocenters. The van der Waals surface area contributed by atoms with E-state index < -0.39 is 0 Å². The van der Waals surface area contributed by atoms with Gasteiger partial charge in [-0.15, -0.1) is 0 Å². The van der Waals surface area contributed by atoms with Crippen LogP contribution in [-0.2, 0) is 9.63 Å². The maximum absolute atomic E-state index is 11.2. The van der Waals surface area contributed by atoms with Crippen LogP contribution in [0, 0.1) is 5.92 Å². The Hall–Kier alpha value is -0.570. The molecular formula is C9H15NO2. The lowest BCUT2D eigenvalue weighted by molar-refractivity contribution is -0.230. The van der Waals surface area contributed by atoms with Gasteiger partial charge < -0.3 is 0 Å². The standard InChI is InChI=1S/C9H15NO2/c1-10-9(11)6-7-4-2-3-5-8(7)12-10/h7-8H,2-6H2,1H3. The van der Waals surface area contributed by atoms with Crippen molar-refractivity contribution in [1.82, 2.24) is 5.06 Å². The van der Waals surface area contributed by atoms with Crippen LogP contribution in [0.25, 0.3) is 0 Å². The normalized spacial score (nSPS) is 36.4. The zero-order valence-corrected chi connectivity index (χ0v) is 7.45. The molecule has 0 aromatic carbocycles. The smallest absolute Gasteiger partial charge is 0.246 e. The maximum Gasteiger partial charge on any atom is 0.246 e. The molecule has 1 saturated carbocycles. The van der Waals surface area contributed by atoms with Crippen LogP contribution in [0.1, 0.15) is 32.1 Å². The van der Waals surface area contributed by atoms with Gasteiger partial charge in [0, 0.05) is 13.5 Å². The summed E-state index contributed by atoms with van der Waals surface area (Å²) >= 11 is 0. The number of hydroxylamine groups is 2. The first kappa shape index (κ1) is 8.05. The topological polar surface area (TPSA) is 29.5 Å². The average molecular weight is 169 g/mol. The minimum atomic E-state index is 0.137. The number of nitrogens with zero attached hydrogens (tertiary/aromatic N) is 1. The Morgan fingerprint density at radius 2 is 2.17 bits per heavy atom. The monoisotopic (exact) mass is 169 g/mol. The average Bonchev–Trinajstić information content (AvgIpc) is 2.07. The molecule has 68 valence electrons. The molecule has 0 aromatic heterocycles. The second kappa shape index (κ2) is 3.05. The molecule has 1 saturated heterocycles. The van der Waals surface area contributed by atoms with Gasteiger partial charge in [-0.25, -0.2) is 5.06 Å². The molecule has 0 N–H and O–H groups in total. The van der Waals surface area contributed by atoms with Gasteiger partial charge in [0.15, 0.2) is 0 Å². The highest BCUT2D eigenvalue weighted by atomic mass is 16.7. The van der Waals surface area contributed by atoms with Gasteiger partial charge in [-0.3, -0.25) is 9.63 Å². The molecule has 0 aromatic rings. The van der Waals surface area contributed by atoms with Crippen LogP contribution in [0.3, 0.4) is 0 Å². The summed E-state index contributed by atoms with van der Waals surface area (Å²) in [4.78, 5) is 16.7. The Morgan fingerprint density at radius 1 is 1.42 bits per heavy atom. The first-order valence-corrected chi connectivity index (χ1v) is 4.70. The van der Waals surface area contributed by atoms with Crippen LogP contribution in [0.15, 0.2) is 0 Å². The second-order valence-electron chi connectivity index (χ2n) is 3.78. The Kier molecular flexibility index (Phi) is 2.05. The van der Waals surface area contributed by atoms with Crippen molar-refractivity contribution < 1.29 is 9.63 Å². The van der Waals surface area contributed by atoms with Gasteiger partial charge in [-0.1, -0.05) is 12.8 Å². The zero-order chi connectivity index (χ0) is 8.55. The van der Waals surface area contributed by atoms with E-state index in [1.807, 2.05) is 0 Å². The van der Waals surface area contributed by atoms with E-state index in [0.717, 1.165) is 6.42 Å². The molecule has 2 fully saturated rings. The highest BCUT2D eigenvalue weighted by Crippen LogP contribution is 2.33. The van der Waals surface area contributed by atoms with Crippen molar-refractivity contribution in [3.63, 3.8) is 0 Å². The first-order chi connectivity index (χ1) is 5.77. The summed E-state index contributed by atoms with van der Waals surface area (Å²) in [7, 11) is 1.72. The minimum Gasteiger partial charge on any atom is -0.273 e. The van der Waals surface area contributed by atoms with E-state index in [1.54, 1.807) is 7.05 Å². The third-order valence-corrected chi connectivity index (χ3v) is 2.92. The van der Waals surface area contributed by atoms with Gasteiger partial charge in [0.2, 0.25) is 5.91 Å². The van der Waals surface area contributed by atoms with Gasteiger partial charge in [0.05, 0.1) is 6.10 Å². The SMILES string of the molecule is CN1OC2CCCCC2CC1=O. The van der Waals surface area contributed by atoms with Crippen LogP contribution >= 0.6 is 0 Å². The fraction of sp³-hybridized carbons (Fsp3) is 0.889. The lowest BCUT2D eigenvalue weighted by atomic mass is 9.83. The molecule has 3 heteroatoms. The molecule has 0 spiro atoms. The molecular weight excluding hydrogens is 154 g/mol. The quantitative estimate of drug-likeness (QED) is 0.547. The predicted molar refractivity (Wildman–Crippen MR) is 44.2 cm³/mol. The zero-order valence-electron chi connectivity index (χ0n) is 7.45. The highest BCUT2D eigenvalue weighted by molar-refractivity contribution is 5.75. The van der Waals surface area contributed by atoms with Crippen LogP contribution in [-0.4, -0.2) is 24.1 Å². The summed E-state index contributed by atoms with van der Waals surface area (Å²) in [5, 5.41) is 1.41. The van der Waals surface area contributed by atoms with Crippen molar-refractivity contribution in [2.24, 2.45) is 5.92 Å². The van der Waals surface area contributed by atoms with Crippen molar-refractivity contribution in [3.8, 4) is 0 Å². The van der Waals surface area contributed by atoms with E-state index >= 15 is 0 Å². The van der Waals surface area contributed by atoms with Gasteiger partial charge in [0.1, 0.15) is 0 Å². The predicted octanol–water partition coefficient (Wildman–Crippen LogP) is 1.34. The third-order valence-electron chi connectivity index (χ3n) is 2.92. The number of carbonyl (C=O) groups excluding carboxylic acids is 1. The second-order valence-corrected chi connectivity index (χ2v) is 3.78. The molecule has 0 radical (unpaired) electrons. The lowest BCUT2D eigenvalue weighted by Gasteiger charge is -2.38. The van der Waals surface area contributed by atoms with Gasteiger partial charge in [0.25, 0.3) is 0 Å². The fourth-order valence-electron chi connectivity index (χ4n) is 2.16. The summed E-state index contributed by atoms with van der Waals surface area (Å²) < 4.78 is 0. The van der Waals surface area contributed by atoms with Crippen LogP contribution in [0.5, 0.6) is 0 Å². The van der Waals surface area contributed by atoms with Crippen LogP contribution in [0.4, 0.5) is 0 Å². The van der Waals surface area contributed by atoms with E-state index in [0.29, 0.717) is 18.4 Å². The number of hydrogen-bond donors (Lipinski definition) is 0. The number of hydrogen-bond acceptors (Lipinski definition) is 2. The maximum atomic E-state index is 11.2. The molecule has 1 heterocycles. The Balaban J connectivity index is 2.02. The minimum absolute atomic E-state index is 0.137. The van der Waals surface area contributed by atoms with Crippen LogP contribution < -0.4 is 0 Å². The van der Waals surface area contributed by atoms with Crippen LogP contribution in [0.2, 0.25) is 0 Å². The molecule has 12 heavy (non-hydrogen) atoms. The van der Waals surface area contributed by atoms with E-state index in [2.05, 4.69) is 0 Å². The number of fused-ring (bicyclic) bond motifs is 1. The lowest BCUT2D eigenvalue weighted by Crippen LogP contribution is -2.44. The number of carbonyl (C=O) groups is 1.